The first kappa shape index (κ1) is 15.8. The quantitative estimate of drug-likeness (QED) is 0.699. The zero-order valence-electron chi connectivity index (χ0n) is 12.3. The number of carboxylic acids is 1. The molecule has 0 aliphatic heterocycles. The van der Waals surface area contributed by atoms with Gasteiger partial charge in [0.2, 0.25) is 5.91 Å². The van der Waals surface area contributed by atoms with Crippen molar-refractivity contribution in [3.05, 3.63) is 0 Å². The number of carboxylic acid groups (broad SMARTS) is 1. The van der Waals surface area contributed by atoms with Crippen molar-refractivity contribution in [1.82, 2.24) is 10.6 Å². The predicted octanol–water partition coefficient (Wildman–Crippen LogP) is 2.04. The zero-order valence-corrected chi connectivity index (χ0v) is 12.3. The van der Waals surface area contributed by atoms with Crippen LogP contribution in [0, 0.1) is 11.3 Å². The summed E-state index contributed by atoms with van der Waals surface area (Å²) in [5.41, 5.74) is -0.468. The Morgan fingerprint density at radius 3 is 2.24 bits per heavy atom. The van der Waals surface area contributed by atoms with Crippen LogP contribution < -0.4 is 10.6 Å². The lowest BCUT2D eigenvalue weighted by atomic mass is 9.79. The molecule has 2 aliphatic carbocycles. The molecule has 3 amide bonds. The van der Waals surface area contributed by atoms with Crippen LogP contribution in [0.4, 0.5) is 4.79 Å². The summed E-state index contributed by atoms with van der Waals surface area (Å²) in [6.07, 6.45) is 7.01. The van der Waals surface area contributed by atoms with Crippen LogP contribution >= 0.6 is 0 Å². The van der Waals surface area contributed by atoms with Crippen LogP contribution in [-0.4, -0.2) is 29.6 Å². The minimum absolute atomic E-state index is 0.00408. The van der Waals surface area contributed by atoms with Crippen LogP contribution in [0.2, 0.25) is 0 Å². The monoisotopic (exact) mass is 296 g/mol. The van der Waals surface area contributed by atoms with Gasteiger partial charge in [-0.05, 0) is 37.0 Å². The number of urea groups is 1. The third-order valence-electron chi connectivity index (χ3n) is 4.75. The fourth-order valence-corrected chi connectivity index (χ4v) is 3.35. The molecule has 0 unspecified atom stereocenters. The van der Waals surface area contributed by atoms with Gasteiger partial charge >= 0.3 is 12.0 Å². The van der Waals surface area contributed by atoms with Gasteiger partial charge in [-0.2, -0.15) is 0 Å². The zero-order chi connectivity index (χ0) is 15.3. The van der Waals surface area contributed by atoms with Crippen LogP contribution in [0.3, 0.4) is 0 Å². The maximum Gasteiger partial charge on any atom is 0.321 e. The summed E-state index contributed by atoms with van der Waals surface area (Å²) >= 11 is 0. The van der Waals surface area contributed by atoms with Crippen molar-refractivity contribution in [2.45, 2.75) is 57.8 Å². The highest BCUT2D eigenvalue weighted by Crippen LogP contribution is 2.43. The van der Waals surface area contributed by atoms with Gasteiger partial charge in [0.25, 0.3) is 0 Å². The molecule has 2 fully saturated rings. The number of rotatable bonds is 6. The third-order valence-corrected chi connectivity index (χ3v) is 4.75. The summed E-state index contributed by atoms with van der Waals surface area (Å²) in [6, 6.07) is -0.463. The molecule has 0 saturated heterocycles. The highest BCUT2D eigenvalue weighted by molar-refractivity contribution is 5.94. The Balaban J connectivity index is 1.75. The van der Waals surface area contributed by atoms with E-state index in [9.17, 15) is 14.4 Å². The fraction of sp³-hybridized carbons (Fsp3) is 0.800. The predicted molar refractivity (Wildman–Crippen MR) is 76.7 cm³/mol. The Hall–Kier alpha value is -1.59. The average Bonchev–Trinajstić information content (AvgIpc) is 2.73. The van der Waals surface area contributed by atoms with E-state index in [1.807, 2.05) is 0 Å². The van der Waals surface area contributed by atoms with Crippen molar-refractivity contribution in [3.63, 3.8) is 0 Å². The summed E-state index contributed by atoms with van der Waals surface area (Å²) in [7, 11) is 0. The molecule has 0 bridgehead atoms. The molecule has 21 heavy (non-hydrogen) atoms. The number of hydrogen-bond donors (Lipinski definition) is 3. The number of carbonyl (C=O) groups excluding carboxylic acids is 2. The number of aliphatic carboxylic acids is 1. The normalized spacial score (nSPS) is 20.6. The SMILES string of the molecule is O=C(O)CC1(CC(=O)NC(=O)NCC2CCC2)CCCC1. The number of carbonyl (C=O) groups is 3. The van der Waals surface area contributed by atoms with E-state index in [0.717, 1.165) is 38.5 Å². The molecule has 2 aliphatic rings. The van der Waals surface area contributed by atoms with Gasteiger partial charge in [-0.15, -0.1) is 0 Å². The van der Waals surface area contributed by atoms with Gasteiger partial charge in [-0.1, -0.05) is 19.3 Å². The van der Waals surface area contributed by atoms with Crippen molar-refractivity contribution >= 4 is 17.9 Å². The highest BCUT2D eigenvalue weighted by Gasteiger charge is 2.38. The summed E-state index contributed by atoms with van der Waals surface area (Å²) in [4.78, 5) is 34.6. The van der Waals surface area contributed by atoms with Crippen LogP contribution in [0.25, 0.3) is 0 Å². The molecule has 0 atom stereocenters. The first-order valence-electron chi connectivity index (χ1n) is 7.79. The maximum absolute atomic E-state index is 12.0. The minimum Gasteiger partial charge on any atom is -0.481 e. The number of nitrogens with one attached hydrogen (secondary N) is 2. The van der Waals surface area contributed by atoms with Crippen LogP contribution in [-0.2, 0) is 9.59 Å². The largest absolute Gasteiger partial charge is 0.481 e. The van der Waals surface area contributed by atoms with E-state index in [1.54, 1.807) is 0 Å². The van der Waals surface area contributed by atoms with Gasteiger partial charge in [-0.25, -0.2) is 4.79 Å². The molecule has 2 rings (SSSR count). The van der Waals surface area contributed by atoms with Gasteiger partial charge in [0.1, 0.15) is 0 Å². The summed E-state index contributed by atoms with van der Waals surface area (Å²) in [5.74, 6) is -0.706. The Morgan fingerprint density at radius 1 is 1.05 bits per heavy atom. The van der Waals surface area contributed by atoms with Crippen molar-refractivity contribution in [1.29, 1.82) is 0 Å². The molecular formula is C15H24N2O4. The molecule has 0 aromatic heterocycles. The first-order valence-corrected chi connectivity index (χ1v) is 7.79. The highest BCUT2D eigenvalue weighted by atomic mass is 16.4. The van der Waals surface area contributed by atoms with Gasteiger partial charge in [0.15, 0.2) is 0 Å². The first-order chi connectivity index (χ1) is 9.99. The molecule has 118 valence electrons. The molecular weight excluding hydrogens is 272 g/mol. The van der Waals surface area contributed by atoms with Crippen molar-refractivity contribution in [2.75, 3.05) is 6.54 Å². The Morgan fingerprint density at radius 2 is 1.71 bits per heavy atom. The van der Waals surface area contributed by atoms with E-state index in [2.05, 4.69) is 10.6 Å². The van der Waals surface area contributed by atoms with Gasteiger partial charge < -0.3 is 10.4 Å². The minimum atomic E-state index is -0.876. The summed E-state index contributed by atoms with van der Waals surface area (Å²) in [5, 5.41) is 14.0. The van der Waals surface area contributed by atoms with Crippen LogP contribution in [0.5, 0.6) is 0 Å². The molecule has 0 spiro atoms. The molecule has 3 N–H and O–H groups in total. The molecule has 0 radical (unpaired) electrons. The number of amides is 3. The standard InChI is InChI=1S/C15H24N2O4/c18-12(17-14(21)16-10-11-4-3-5-11)8-15(9-13(19)20)6-1-2-7-15/h11H,1-10H2,(H,19,20)(H2,16,17,18,21). The van der Waals surface area contributed by atoms with Crippen LogP contribution in [0.15, 0.2) is 0 Å². The molecule has 6 heteroatoms. The van der Waals surface area contributed by atoms with E-state index in [4.69, 9.17) is 5.11 Å². The number of hydrogen-bond acceptors (Lipinski definition) is 3. The molecule has 0 heterocycles. The Bertz CT molecular complexity index is 412. The lowest BCUT2D eigenvalue weighted by Crippen LogP contribution is -2.43. The van der Waals surface area contributed by atoms with Crippen molar-refractivity contribution in [3.8, 4) is 0 Å². The lowest BCUT2D eigenvalue weighted by molar-refractivity contribution is -0.140. The Labute approximate surface area is 124 Å². The van der Waals surface area contributed by atoms with E-state index in [0.29, 0.717) is 12.5 Å². The smallest absolute Gasteiger partial charge is 0.321 e. The van der Waals surface area contributed by atoms with Crippen molar-refractivity contribution in [2.24, 2.45) is 11.3 Å². The number of imide groups is 1. The average molecular weight is 296 g/mol. The lowest BCUT2D eigenvalue weighted by Gasteiger charge is -2.27. The summed E-state index contributed by atoms with van der Waals surface area (Å²) in [6.45, 7) is 0.610. The molecule has 0 aromatic rings. The Kier molecular flexibility index (Phi) is 5.20. The second kappa shape index (κ2) is 6.91. The van der Waals surface area contributed by atoms with E-state index in [-0.39, 0.29) is 18.7 Å². The second-order valence-electron chi connectivity index (χ2n) is 6.51. The van der Waals surface area contributed by atoms with E-state index >= 15 is 0 Å². The van der Waals surface area contributed by atoms with E-state index < -0.39 is 17.4 Å². The third kappa shape index (κ3) is 4.72. The maximum atomic E-state index is 12.0. The fourth-order valence-electron chi connectivity index (χ4n) is 3.35. The van der Waals surface area contributed by atoms with Crippen LogP contribution in [0.1, 0.15) is 57.8 Å². The van der Waals surface area contributed by atoms with Crippen molar-refractivity contribution < 1.29 is 19.5 Å². The van der Waals surface area contributed by atoms with Gasteiger partial charge in [0, 0.05) is 13.0 Å². The van der Waals surface area contributed by atoms with E-state index in [1.165, 1.54) is 6.42 Å². The summed E-state index contributed by atoms with van der Waals surface area (Å²) < 4.78 is 0. The van der Waals surface area contributed by atoms with Gasteiger partial charge in [-0.3, -0.25) is 14.9 Å². The molecule has 6 nitrogen and oxygen atoms in total. The second-order valence-corrected chi connectivity index (χ2v) is 6.51. The topological polar surface area (TPSA) is 95.5 Å². The van der Waals surface area contributed by atoms with Gasteiger partial charge in [0.05, 0.1) is 6.42 Å². The molecule has 0 aromatic carbocycles. The molecule has 2 saturated carbocycles.